The van der Waals surface area contributed by atoms with Crippen LogP contribution in [-0.4, -0.2) is 37.2 Å². The van der Waals surface area contributed by atoms with Crippen molar-refractivity contribution in [3.63, 3.8) is 0 Å². The number of aryl methyl sites for hydroxylation is 1. The zero-order valence-electron chi connectivity index (χ0n) is 14.1. The third-order valence-electron chi connectivity index (χ3n) is 5.50. The molecule has 3 heteroatoms. The summed E-state index contributed by atoms with van der Waals surface area (Å²) in [5, 5.41) is 0. The Kier molecular flexibility index (Phi) is 4.95. The molecule has 1 aromatic rings. The molecule has 0 heterocycles. The molecule has 1 aromatic carbocycles. The number of nitrogens with zero attached hydrogens (tertiary/aromatic N) is 1. The quantitative estimate of drug-likeness (QED) is 0.906. The van der Waals surface area contributed by atoms with Gasteiger partial charge in [0.05, 0.1) is 7.11 Å². The van der Waals surface area contributed by atoms with Crippen LogP contribution in [0.5, 0.6) is 5.75 Å². The maximum Gasteiger partial charge on any atom is 0.119 e. The second-order valence-electron chi connectivity index (χ2n) is 6.84. The summed E-state index contributed by atoms with van der Waals surface area (Å²) in [6.07, 6.45) is 3.26. The van der Waals surface area contributed by atoms with Gasteiger partial charge in [-0.1, -0.05) is 19.9 Å². The first-order chi connectivity index (χ1) is 9.93. The third-order valence-corrected chi connectivity index (χ3v) is 5.50. The van der Waals surface area contributed by atoms with E-state index in [2.05, 4.69) is 50.9 Å². The molecule has 0 aliphatic heterocycles. The summed E-state index contributed by atoms with van der Waals surface area (Å²) in [6, 6.07) is 6.99. The molecule has 0 amide bonds. The number of rotatable bonds is 5. The lowest BCUT2D eigenvalue weighted by Crippen LogP contribution is -2.59. The first-order valence-corrected chi connectivity index (χ1v) is 8.02. The van der Waals surface area contributed by atoms with Crippen LogP contribution in [0.3, 0.4) is 0 Å². The predicted octanol–water partition coefficient (Wildman–Crippen LogP) is 2.86. The molecule has 0 spiro atoms. The minimum Gasteiger partial charge on any atom is -0.497 e. The molecule has 0 saturated heterocycles. The standard InChI is InChI=1S/C18H30N2O/c1-13(2)14(3)20(4)18(12-19)9-8-15-6-7-17(21-5)10-16(15)11-18/h6-7,10,13-14H,8-9,11-12,19H2,1-5H3. The molecule has 2 atom stereocenters. The Labute approximate surface area is 129 Å². The minimum absolute atomic E-state index is 0.0725. The molecule has 118 valence electrons. The highest BCUT2D eigenvalue weighted by Gasteiger charge is 2.39. The van der Waals surface area contributed by atoms with Gasteiger partial charge in [0, 0.05) is 18.1 Å². The Hall–Kier alpha value is -1.06. The third kappa shape index (κ3) is 3.09. The van der Waals surface area contributed by atoms with Crippen molar-refractivity contribution >= 4 is 0 Å². The summed E-state index contributed by atoms with van der Waals surface area (Å²) >= 11 is 0. The average molecular weight is 290 g/mol. The topological polar surface area (TPSA) is 38.5 Å². The van der Waals surface area contributed by atoms with Gasteiger partial charge >= 0.3 is 0 Å². The number of nitrogens with two attached hydrogens (primary N) is 1. The lowest BCUT2D eigenvalue weighted by atomic mass is 9.76. The van der Waals surface area contributed by atoms with Crippen LogP contribution < -0.4 is 10.5 Å². The molecule has 2 rings (SSSR count). The van der Waals surface area contributed by atoms with Crippen molar-refractivity contribution in [1.29, 1.82) is 0 Å². The second kappa shape index (κ2) is 6.37. The normalized spacial score (nSPS) is 23.2. The first kappa shape index (κ1) is 16.3. The number of methoxy groups -OCH3 is 1. The molecule has 2 N–H and O–H groups in total. The van der Waals surface area contributed by atoms with Crippen molar-refractivity contribution in [2.24, 2.45) is 11.7 Å². The van der Waals surface area contributed by atoms with Gasteiger partial charge in [-0.2, -0.15) is 0 Å². The molecule has 0 fully saturated rings. The smallest absolute Gasteiger partial charge is 0.119 e. The van der Waals surface area contributed by atoms with E-state index in [1.807, 2.05) is 0 Å². The molecule has 2 unspecified atom stereocenters. The monoisotopic (exact) mass is 290 g/mol. The van der Waals surface area contributed by atoms with Crippen molar-refractivity contribution in [3.8, 4) is 5.75 Å². The van der Waals surface area contributed by atoms with Crippen molar-refractivity contribution in [1.82, 2.24) is 4.90 Å². The van der Waals surface area contributed by atoms with Crippen LogP contribution in [0.25, 0.3) is 0 Å². The molecule has 0 aromatic heterocycles. The summed E-state index contributed by atoms with van der Waals surface area (Å²) in [7, 11) is 3.97. The van der Waals surface area contributed by atoms with E-state index in [9.17, 15) is 0 Å². The van der Waals surface area contributed by atoms with E-state index < -0.39 is 0 Å². The molecule has 3 nitrogen and oxygen atoms in total. The Morgan fingerprint density at radius 3 is 2.57 bits per heavy atom. The van der Waals surface area contributed by atoms with E-state index in [-0.39, 0.29) is 5.54 Å². The van der Waals surface area contributed by atoms with Crippen LogP contribution in [0.4, 0.5) is 0 Å². The number of hydrogen-bond donors (Lipinski definition) is 1. The van der Waals surface area contributed by atoms with Gasteiger partial charge in [-0.25, -0.2) is 0 Å². The van der Waals surface area contributed by atoms with Gasteiger partial charge in [0.2, 0.25) is 0 Å². The van der Waals surface area contributed by atoms with Crippen LogP contribution in [-0.2, 0) is 12.8 Å². The van der Waals surface area contributed by atoms with Gasteiger partial charge in [0.25, 0.3) is 0 Å². The average Bonchev–Trinajstić information content (AvgIpc) is 2.51. The van der Waals surface area contributed by atoms with Crippen LogP contribution in [0.2, 0.25) is 0 Å². The lowest BCUT2D eigenvalue weighted by Gasteiger charge is -2.48. The van der Waals surface area contributed by atoms with E-state index in [4.69, 9.17) is 10.5 Å². The molecule has 0 saturated carbocycles. The van der Waals surface area contributed by atoms with Crippen LogP contribution in [0.15, 0.2) is 18.2 Å². The summed E-state index contributed by atoms with van der Waals surface area (Å²) in [4.78, 5) is 2.51. The van der Waals surface area contributed by atoms with Gasteiger partial charge in [-0.3, -0.25) is 4.90 Å². The minimum atomic E-state index is 0.0725. The summed E-state index contributed by atoms with van der Waals surface area (Å²) in [5.74, 6) is 1.58. The maximum atomic E-state index is 6.23. The zero-order valence-corrected chi connectivity index (χ0v) is 14.1. The van der Waals surface area contributed by atoms with Crippen molar-refractivity contribution < 1.29 is 4.74 Å². The number of benzene rings is 1. The van der Waals surface area contributed by atoms with Crippen molar-refractivity contribution in [2.45, 2.75) is 51.6 Å². The summed E-state index contributed by atoms with van der Waals surface area (Å²) < 4.78 is 5.38. The fourth-order valence-corrected chi connectivity index (χ4v) is 3.45. The highest BCUT2D eigenvalue weighted by Crippen LogP contribution is 2.35. The predicted molar refractivity (Wildman–Crippen MR) is 88.9 cm³/mol. The number of hydrogen-bond acceptors (Lipinski definition) is 3. The number of fused-ring (bicyclic) bond motifs is 1. The van der Waals surface area contributed by atoms with E-state index >= 15 is 0 Å². The Morgan fingerprint density at radius 1 is 1.29 bits per heavy atom. The molecule has 0 bridgehead atoms. The van der Waals surface area contributed by atoms with Crippen molar-refractivity contribution in [3.05, 3.63) is 29.3 Å². The lowest BCUT2D eigenvalue weighted by molar-refractivity contribution is 0.0510. The van der Waals surface area contributed by atoms with E-state index in [1.165, 1.54) is 11.1 Å². The van der Waals surface area contributed by atoms with E-state index in [0.717, 1.165) is 25.0 Å². The van der Waals surface area contributed by atoms with Gasteiger partial charge in [-0.15, -0.1) is 0 Å². The molecular weight excluding hydrogens is 260 g/mol. The fourth-order valence-electron chi connectivity index (χ4n) is 3.45. The van der Waals surface area contributed by atoms with Crippen LogP contribution in [0, 0.1) is 5.92 Å². The van der Waals surface area contributed by atoms with Gasteiger partial charge in [-0.05, 0) is 62.4 Å². The fraction of sp³-hybridized carbons (Fsp3) is 0.667. The molecular formula is C18H30N2O. The molecule has 1 aliphatic rings. The Morgan fingerprint density at radius 2 is 2.00 bits per heavy atom. The van der Waals surface area contributed by atoms with Gasteiger partial charge in [0.1, 0.15) is 5.75 Å². The van der Waals surface area contributed by atoms with Crippen LogP contribution in [0.1, 0.15) is 38.3 Å². The van der Waals surface area contributed by atoms with E-state index in [0.29, 0.717) is 18.5 Å². The first-order valence-electron chi connectivity index (χ1n) is 8.02. The second-order valence-corrected chi connectivity index (χ2v) is 6.84. The SMILES string of the molecule is COc1ccc2c(c1)CC(CN)(N(C)C(C)C(C)C)CC2. The van der Waals surface area contributed by atoms with E-state index in [1.54, 1.807) is 7.11 Å². The molecule has 21 heavy (non-hydrogen) atoms. The largest absolute Gasteiger partial charge is 0.497 e. The van der Waals surface area contributed by atoms with Crippen molar-refractivity contribution in [2.75, 3.05) is 20.7 Å². The highest BCUT2D eigenvalue weighted by atomic mass is 16.5. The summed E-state index contributed by atoms with van der Waals surface area (Å²) in [6.45, 7) is 7.58. The Bertz CT molecular complexity index is 486. The van der Waals surface area contributed by atoms with Gasteiger partial charge < -0.3 is 10.5 Å². The zero-order chi connectivity index (χ0) is 15.6. The highest BCUT2D eigenvalue weighted by molar-refractivity contribution is 5.39. The molecule has 1 aliphatic carbocycles. The summed E-state index contributed by atoms with van der Waals surface area (Å²) in [5.41, 5.74) is 9.15. The van der Waals surface area contributed by atoms with Gasteiger partial charge in [0.15, 0.2) is 0 Å². The number of likely N-dealkylation sites (N-methyl/N-ethyl adjacent to an activating group) is 1. The molecule has 0 radical (unpaired) electrons. The Balaban J connectivity index is 2.30. The number of ether oxygens (including phenoxy) is 1. The van der Waals surface area contributed by atoms with Crippen LogP contribution >= 0.6 is 0 Å². The maximum absolute atomic E-state index is 6.23.